The summed E-state index contributed by atoms with van der Waals surface area (Å²) in [6.07, 6.45) is 0.468. The highest BCUT2D eigenvalue weighted by Crippen LogP contribution is 2.35. The molecule has 0 aliphatic heterocycles. The monoisotopic (exact) mass is 485 g/mol. The molecule has 3 N–H and O–H groups in total. The van der Waals surface area contributed by atoms with Gasteiger partial charge < -0.3 is 15.0 Å². The van der Waals surface area contributed by atoms with Gasteiger partial charge in [-0.15, -0.1) is 0 Å². The highest BCUT2D eigenvalue weighted by Gasteiger charge is 2.27. The van der Waals surface area contributed by atoms with Crippen LogP contribution in [0.1, 0.15) is 34.1 Å². The Morgan fingerprint density at radius 3 is 2.17 bits per heavy atom. The lowest BCUT2D eigenvalue weighted by molar-refractivity contribution is -0.170. The summed E-state index contributed by atoms with van der Waals surface area (Å²) in [6.45, 7) is 1.91. The molecule has 4 rings (SSSR count). The average molecular weight is 486 g/mol. The predicted octanol–water partition coefficient (Wildman–Crippen LogP) is 3.72. The van der Waals surface area contributed by atoms with Crippen molar-refractivity contribution < 1.29 is 24.3 Å². The van der Waals surface area contributed by atoms with Gasteiger partial charge in [0.25, 0.3) is 17.6 Å². The molecule has 0 bridgehead atoms. The molecular formula is C28H27N3O5. The van der Waals surface area contributed by atoms with Crippen molar-refractivity contribution in [1.82, 2.24) is 9.63 Å². The first kappa shape index (κ1) is 24.7. The second kappa shape index (κ2) is 10.9. The third-order valence-corrected chi connectivity index (χ3v) is 5.94. The number of primary amides is 1. The van der Waals surface area contributed by atoms with Crippen LogP contribution in [-0.4, -0.2) is 39.0 Å². The fourth-order valence-electron chi connectivity index (χ4n) is 4.28. The number of benzene rings is 3. The van der Waals surface area contributed by atoms with Gasteiger partial charge in [0.1, 0.15) is 5.75 Å². The Labute approximate surface area is 208 Å². The smallest absolute Gasteiger partial charge is 0.289 e. The van der Waals surface area contributed by atoms with E-state index in [0.717, 1.165) is 11.1 Å². The van der Waals surface area contributed by atoms with Crippen LogP contribution >= 0.6 is 0 Å². The number of amides is 2. The third-order valence-electron chi connectivity index (χ3n) is 5.94. The van der Waals surface area contributed by atoms with E-state index in [1.54, 1.807) is 24.3 Å². The van der Waals surface area contributed by atoms with Crippen LogP contribution in [0.4, 0.5) is 0 Å². The van der Waals surface area contributed by atoms with E-state index in [-0.39, 0.29) is 17.9 Å². The van der Waals surface area contributed by atoms with Gasteiger partial charge in [-0.05, 0) is 29.7 Å². The van der Waals surface area contributed by atoms with Crippen molar-refractivity contribution in [3.05, 3.63) is 101 Å². The van der Waals surface area contributed by atoms with Crippen molar-refractivity contribution in [2.45, 2.75) is 26.4 Å². The standard InChI is InChI=1S/C28H27N3O5/c1-2-21-26(27(33)28(29)34)25-22(30(21)16-19-10-5-3-6-11-19)14-9-15-23(25)36-18-24(32)31(35)17-20-12-7-4-8-13-20/h3-15,35H,2,16-18H2,1H3,(H2,29,34). The fourth-order valence-corrected chi connectivity index (χ4v) is 4.28. The van der Waals surface area contributed by atoms with Gasteiger partial charge in [-0.2, -0.15) is 0 Å². The van der Waals surface area contributed by atoms with Crippen molar-refractivity contribution in [2.75, 3.05) is 6.61 Å². The number of nitrogens with two attached hydrogens (primary N) is 1. The van der Waals surface area contributed by atoms with Crippen molar-refractivity contribution in [1.29, 1.82) is 0 Å². The molecule has 0 aliphatic rings. The van der Waals surface area contributed by atoms with Gasteiger partial charge in [-0.25, -0.2) is 5.06 Å². The molecule has 0 unspecified atom stereocenters. The zero-order chi connectivity index (χ0) is 25.7. The maximum Gasteiger partial charge on any atom is 0.289 e. The molecule has 0 aliphatic carbocycles. The van der Waals surface area contributed by atoms with Crippen LogP contribution in [0.25, 0.3) is 10.9 Å². The molecule has 184 valence electrons. The Morgan fingerprint density at radius 1 is 0.917 bits per heavy atom. The average Bonchev–Trinajstić information content (AvgIpc) is 3.21. The van der Waals surface area contributed by atoms with Crippen molar-refractivity contribution in [3.63, 3.8) is 0 Å². The van der Waals surface area contributed by atoms with E-state index < -0.39 is 24.2 Å². The Hall–Kier alpha value is -4.43. The van der Waals surface area contributed by atoms with E-state index in [4.69, 9.17) is 10.5 Å². The number of aromatic nitrogens is 1. The summed E-state index contributed by atoms with van der Waals surface area (Å²) in [7, 11) is 0. The maximum atomic E-state index is 12.9. The summed E-state index contributed by atoms with van der Waals surface area (Å²) in [6, 6.07) is 24.0. The van der Waals surface area contributed by atoms with Crippen LogP contribution < -0.4 is 10.5 Å². The Morgan fingerprint density at radius 2 is 1.56 bits per heavy atom. The number of hydroxylamine groups is 2. The zero-order valence-electron chi connectivity index (χ0n) is 19.9. The molecule has 4 aromatic rings. The molecule has 1 aromatic heterocycles. The summed E-state index contributed by atoms with van der Waals surface area (Å²) < 4.78 is 7.77. The summed E-state index contributed by atoms with van der Waals surface area (Å²) in [5.74, 6) is -2.30. The number of ether oxygens (including phenoxy) is 1. The molecule has 0 spiro atoms. The molecule has 0 saturated carbocycles. The molecule has 8 heteroatoms. The summed E-state index contributed by atoms with van der Waals surface area (Å²) in [5, 5.41) is 11.2. The first-order chi connectivity index (χ1) is 17.4. The fraction of sp³-hybridized carbons (Fsp3) is 0.179. The lowest BCUT2D eigenvalue weighted by atomic mass is 10.0. The first-order valence-corrected chi connectivity index (χ1v) is 11.6. The van der Waals surface area contributed by atoms with Crippen LogP contribution in [0.3, 0.4) is 0 Å². The molecule has 8 nitrogen and oxygen atoms in total. The molecule has 0 radical (unpaired) electrons. The molecular weight excluding hydrogens is 458 g/mol. The SMILES string of the molecule is CCc1c(C(=O)C(N)=O)c2c(OCC(=O)N(O)Cc3ccccc3)cccc2n1Cc1ccccc1. The number of hydrogen-bond donors (Lipinski definition) is 2. The predicted molar refractivity (Wildman–Crippen MR) is 135 cm³/mol. The molecule has 2 amide bonds. The van der Waals surface area contributed by atoms with Gasteiger partial charge in [0.2, 0.25) is 0 Å². The summed E-state index contributed by atoms with van der Waals surface area (Å²) in [4.78, 5) is 37.5. The van der Waals surface area contributed by atoms with Gasteiger partial charge >= 0.3 is 0 Å². The van der Waals surface area contributed by atoms with Gasteiger partial charge in [0.05, 0.1) is 23.0 Å². The lowest BCUT2D eigenvalue weighted by Gasteiger charge is -2.16. The number of rotatable bonds is 10. The van der Waals surface area contributed by atoms with E-state index in [0.29, 0.717) is 34.6 Å². The minimum absolute atomic E-state index is 0.00603. The molecule has 0 atom stereocenters. The first-order valence-electron chi connectivity index (χ1n) is 11.6. The van der Waals surface area contributed by atoms with Crippen LogP contribution in [0.15, 0.2) is 78.9 Å². The van der Waals surface area contributed by atoms with E-state index in [2.05, 4.69) is 0 Å². The molecule has 0 fully saturated rings. The normalized spacial score (nSPS) is 10.8. The number of carbonyl (C=O) groups excluding carboxylic acids is 3. The van der Waals surface area contributed by atoms with Gasteiger partial charge in [0.15, 0.2) is 6.61 Å². The number of nitrogens with zero attached hydrogens (tertiary/aromatic N) is 2. The van der Waals surface area contributed by atoms with Crippen LogP contribution in [0.2, 0.25) is 0 Å². The second-order valence-electron chi connectivity index (χ2n) is 8.32. The zero-order valence-corrected chi connectivity index (χ0v) is 19.9. The summed E-state index contributed by atoms with van der Waals surface area (Å²) >= 11 is 0. The van der Waals surface area contributed by atoms with E-state index in [1.807, 2.05) is 66.1 Å². The molecule has 36 heavy (non-hydrogen) atoms. The van der Waals surface area contributed by atoms with E-state index in [1.165, 1.54) is 0 Å². The molecule has 0 saturated heterocycles. The van der Waals surface area contributed by atoms with Crippen molar-refractivity contribution in [2.24, 2.45) is 5.73 Å². The van der Waals surface area contributed by atoms with E-state index in [9.17, 15) is 19.6 Å². The van der Waals surface area contributed by atoms with Crippen LogP contribution in [0, 0.1) is 0 Å². The van der Waals surface area contributed by atoms with Gasteiger partial charge in [0, 0.05) is 12.2 Å². The number of hydrogen-bond acceptors (Lipinski definition) is 5. The van der Waals surface area contributed by atoms with Crippen molar-refractivity contribution >= 4 is 28.5 Å². The Balaban J connectivity index is 1.70. The lowest BCUT2D eigenvalue weighted by Crippen LogP contribution is -2.31. The topological polar surface area (TPSA) is 115 Å². The third kappa shape index (κ3) is 5.13. The van der Waals surface area contributed by atoms with Crippen LogP contribution in [0.5, 0.6) is 5.75 Å². The molecule has 1 heterocycles. The molecule has 3 aromatic carbocycles. The van der Waals surface area contributed by atoms with E-state index >= 15 is 0 Å². The van der Waals surface area contributed by atoms with Crippen molar-refractivity contribution in [3.8, 4) is 5.75 Å². The minimum atomic E-state index is -1.07. The number of Topliss-reactive ketones (excluding diaryl/α,β-unsaturated/α-hetero) is 1. The van der Waals surface area contributed by atoms with Crippen LogP contribution in [-0.2, 0) is 29.1 Å². The maximum absolute atomic E-state index is 12.9. The number of ketones is 1. The highest BCUT2D eigenvalue weighted by atomic mass is 16.5. The number of fused-ring (bicyclic) bond motifs is 1. The highest BCUT2D eigenvalue weighted by molar-refractivity contribution is 6.45. The summed E-state index contributed by atoms with van der Waals surface area (Å²) in [5.41, 5.74) is 8.66. The largest absolute Gasteiger partial charge is 0.483 e. The Kier molecular flexibility index (Phi) is 7.46. The van der Waals surface area contributed by atoms with Gasteiger partial charge in [-0.1, -0.05) is 73.7 Å². The minimum Gasteiger partial charge on any atom is -0.483 e. The quantitative estimate of drug-likeness (QED) is 0.154. The van der Waals surface area contributed by atoms with Gasteiger partial charge in [-0.3, -0.25) is 19.6 Å². The number of carbonyl (C=O) groups is 3. The second-order valence-corrected chi connectivity index (χ2v) is 8.32. The Bertz CT molecular complexity index is 1400.